The topological polar surface area (TPSA) is 61.4 Å². The third kappa shape index (κ3) is 17.5. The maximum atomic E-state index is 5.44. The molecule has 0 aliphatic heterocycles. The van der Waals surface area contributed by atoms with Crippen molar-refractivity contribution in [1.82, 2.24) is 29.5 Å². The molecule has 0 atom stereocenters. The number of hydrogen-bond donors (Lipinski definition) is 0. The van der Waals surface area contributed by atoms with E-state index in [9.17, 15) is 0 Å². The number of hydrogen-bond acceptors (Lipinski definition) is 4. The van der Waals surface area contributed by atoms with E-state index in [2.05, 4.69) is 368 Å². The van der Waals surface area contributed by atoms with Crippen molar-refractivity contribution in [3.63, 3.8) is 0 Å². The summed E-state index contributed by atoms with van der Waals surface area (Å²) in [6, 6.07) is 88.5. The SMILES string of the molecule is Cc1cc(C)cc(-c2nc(-c3[c-]ccc(-c4cc(-c5ccc(C(C)(C)C)cc5)cc(-c5ccc(C(C)(C)C)cc5)c4)c3)n(-c3c(C(C)C)cc(-c4ccccc4)cc3C(C)C)n2)c1.Cc1cc(C)cc(-c2nc(-c3[c-]ccc(Br)c3)n(-c3c(C(C)C)cc(-c4ccccc4)cc3C(C)C)n2)c1.[Ir].[Ir]. The van der Waals surface area contributed by atoms with E-state index < -0.39 is 0 Å². The van der Waals surface area contributed by atoms with E-state index in [-0.39, 0.29) is 62.9 Å². The van der Waals surface area contributed by atoms with E-state index in [1.807, 2.05) is 18.2 Å². The van der Waals surface area contributed by atoms with Crippen LogP contribution in [-0.2, 0) is 51.0 Å². The molecule has 0 saturated carbocycles. The van der Waals surface area contributed by atoms with Gasteiger partial charge in [0, 0.05) is 51.3 Å². The molecule has 6 nitrogen and oxygen atoms in total. The number of nitrogens with zero attached hydrogens (tertiary/aromatic N) is 6. The molecule has 528 valence electrons. The van der Waals surface area contributed by atoms with Crippen LogP contribution in [0.25, 0.3) is 113 Å². The van der Waals surface area contributed by atoms with Crippen molar-refractivity contribution < 1.29 is 40.2 Å². The molecule has 13 aromatic rings. The van der Waals surface area contributed by atoms with Gasteiger partial charge in [-0.15, -0.1) is 65.2 Å². The number of aromatic nitrogens is 6. The van der Waals surface area contributed by atoms with E-state index in [0.717, 1.165) is 66.7 Å². The third-order valence-electron chi connectivity index (χ3n) is 19.1. The van der Waals surface area contributed by atoms with Gasteiger partial charge in [0.1, 0.15) is 0 Å². The Hall–Kier alpha value is -8.52. The number of rotatable bonds is 15. The summed E-state index contributed by atoms with van der Waals surface area (Å²) in [7, 11) is 0. The second-order valence-electron chi connectivity index (χ2n) is 30.8. The van der Waals surface area contributed by atoms with Crippen molar-refractivity contribution in [3.05, 3.63) is 297 Å². The summed E-state index contributed by atoms with van der Waals surface area (Å²) in [4.78, 5) is 10.6. The smallest absolute Gasteiger partial charge is 0.171 e. The van der Waals surface area contributed by atoms with Gasteiger partial charge in [-0.05, 0) is 212 Å². The van der Waals surface area contributed by atoms with Gasteiger partial charge in [-0.25, -0.2) is 0 Å². The van der Waals surface area contributed by atoms with Crippen LogP contribution in [0.1, 0.15) is 176 Å². The molecule has 2 radical (unpaired) electrons. The Morgan fingerprint density at radius 1 is 0.320 bits per heavy atom. The summed E-state index contributed by atoms with van der Waals surface area (Å²) in [6.07, 6.45) is 0. The van der Waals surface area contributed by atoms with Crippen LogP contribution in [0.2, 0.25) is 0 Å². The van der Waals surface area contributed by atoms with Crippen LogP contribution in [0.4, 0.5) is 0 Å². The molecule has 0 saturated heterocycles. The summed E-state index contributed by atoms with van der Waals surface area (Å²) < 4.78 is 5.17. The molecule has 0 bridgehead atoms. The summed E-state index contributed by atoms with van der Waals surface area (Å²) in [5.74, 6) is 4.03. The summed E-state index contributed by atoms with van der Waals surface area (Å²) >= 11 is 3.64. The van der Waals surface area contributed by atoms with Gasteiger partial charge in [-0.2, -0.15) is 10.2 Å². The Labute approximate surface area is 648 Å². The van der Waals surface area contributed by atoms with E-state index in [4.69, 9.17) is 20.2 Å². The van der Waals surface area contributed by atoms with Gasteiger partial charge in [0.25, 0.3) is 0 Å². The number of halogens is 1. The second kappa shape index (κ2) is 32.2. The minimum atomic E-state index is 0. The van der Waals surface area contributed by atoms with E-state index in [0.29, 0.717) is 17.7 Å². The monoisotopic (exact) mass is 1770 g/mol. The Balaban J connectivity index is 0.000000244. The maximum Gasteiger partial charge on any atom is 0.171 e. The normalized spacial score (nSPS) is 11.6. The molecule has 0 aliphatic carbocycles. The van der Waals surface area contributed by atoms with Crippen LogP contribution in [0.15, 0.2) is 229 Å². The van der Waals surface area contributed by atoms with Gasteiger partial charge in [-0.3, -0.25) is 19.3 Å². The summed E-state index contributed by atoms with van der Waals surface area (Å²) in [5.41, 5.74) is 30.4. The predicted octanol–water partition coefficient (Wildman–Crippen LogP) is 26.2. The molecule has 9 heteroatoms. The first kappa shape index (κ1) is 77.1. The van der Waals surface area contributed by atoms with Crippen LogP contribution in [0.3, 0.4) is 0 Å². The van der Waals surface area contributed by atoms with E-state index >= 15 is 0 Å². The zero-order valence-corrected chi connectivity index (χ0v) is 69.3. The summed E-state index contributed by atoms with van der Waals surface area (Å²) in [5, 5.41) is 10.6. The van der Waals surface area contributed by atoms with Gasteiger partial charge < -0.3 is 0 Å². The first-order valence-electron chi connectivity index (χ1n) is 35.8. The fraction of sp³-hybridized carbons (Fsp3) is 0.255. The van der Waals surface area contributed by atoms with Crippen LogP contribution >= 0.6 is 15.9 Å². The summed E-state index contributed by atoms with van der Waals surface area (Å²) in [6.45, 7) is 40.3. The zero-order chi connectivity index (χ0) is 71.8. The maximum absolute atomic E-state index is 5.44. The number of benzene rings is 11. The molecular weight excluding hydrogens is 1680 g/mol. The van der Waals surface area contributed by atoms with Gasteiger partial charge in [0.15, 0.2) is 11.6 Å². The average molecular weight is 1770 g/mol. The van der Waals surface area contributed by atoms with E-state index in [1.165, 1.54) is 100 Å². The van der Waals surface area contributed by atoms with Crippen molar-refractivity contribution in [1.29, 1.82) is 0 Å². The van der Waals surface area contributed by atoms with Gasteiger partial charge in [-0.1, -0.05) is 261 Å². The largest absolute Gasteiger partial charge is 0.257 e. The number of aryl methyl sites for hydroxylation is 4. The van der Waals surface area contributed by atoms with Gasteiger partial charge in [0.2, 0.25) is 0 Å². The molecule has 2 heterocycles. The van der Waals surface area contributed by atoms with Crippen LogP contribution in [0.5, 0.6) is 0 Å². The molecule has 2 aromatic heterocycles. The molecule has 0 aliphatic rings. The average Bonchev–Trinajstić information content (AvgIpc) is 1.69. The minimum absolute atomic E-state index is 0. The van der Waals surface area contributed by atoms with E-state index in [1.54, 1.807) is 0 Å². The molecule has 103 heavy (non-hydrogen) atoms. The van der Waals surface area contributed by atoms with Crippen LogP contribution in [0, 0.1) is 39.8 Å². The zero-order valence-electron chi connectivity index (χ0n) is 62.9. The molecule has 0 N–H and O–H groups in total. The predicted molar refractivity (Wildman–Crippen MR) is 430 cm³/mol. The van der Waals surface area contributed by atoms with Gasteiger partial charge >= 0.3 is 0 Å². The Morgan fingerprint density at radius 3 is 0.961 bits per heavy atom. The van der Waals surface area contributed by atoms with Crippen molar-refractivity contribution in [2.75, 3.05) is 0 Å². The Morgan fingerprint density at radius 2 is 0.631 bits per heavy atom. The molecule has 13 rings (SSSR count). The third-order valence-corrected chi connectivity index (χ3v) is 19.6. The Bertz CT molecular complexity index is 4950. The van der Waals surface area contributed by atoms with Crippen LogP contribution in [-0.4, -0.2) is 29.5 Å². The molecule has 0 amide bonds. The van der Waals surface area contributed by atoms with Crippen molar-refractivity contribution >= 4 is 15.9 Å². The molecule has 0 fully saturated rings. The quantitative estimate of drug-likeness (QED) is 0.0960. The minimum Gasteiger partial charge on any atom is -0.257 e. The van der Waals surface area contributed by atoms with Crippen molar-refractivity contribution in [3.8, 4) is 113 Å². The fourth-order valence-electron chi connectivity index (χ4n) is 13.7. The molecule has 11 aromatic carbocycles. The van der Waals surface area contributed by atoms with Crippen molar-refractivity contribution in [2.45, 2.75) is 159 Å². The first-order valence-corrected chi connectivity index (χ1v) is 36.6. The fourth-order valence-corrected chi connectivity index (χ4v) is 14.1. The molecule has 0 unspecified atom stereocenters. The molecular formula is C94H95BrIr2N6-2. The first-order chi connectivity index (χ1) is 48.1. The Kier molecular flexibility index (Phi) is 24.1. The van der Waals surface area contributed by atoms with Gasteiger partial charge in [0.05, 0.1) is 23.0 Å². The van der Waals surface area contributed by atoms with Crippen LogP contribution < -0.4 is 0 Å². The van der Waals surface area contributed by atoms with Crippen molar-refractivity contribution in [2.24, 2.45) is 0 Å². The molecule has 0 spiro atoms. The second-order valence-corrected chi connectivity index (χ2v) is 31.7. The standard InChI is InChI=1S/C60H62N3.C34H33BrN3.2Ir/c1-38(2)54-36-50(42-17-14-13-15-18-42)37-55(39(3)4)56(54)63-58(61-57(62-63)51-30-40(5)29-41(6)31-51)46-20-16-19-45(32-46)49-34-47(43-21-25-52(26-22-43)59(7,8)9)33-48(35-49)44-23-27-53(28-24-44)60(10,11)12;1-21(2)30-19-27(25-11-8-7-9-12-25)20-31(22(3)4)32(30)38-34(26-13-10-14-29(35)18-26)36-33(37-38)28-16-23(5)15-24(6)17-28;;/h13-19,21-39H,1-12H3;7-12,14-22H,1-6H3;;/q2*-1;;.